The zero-order chi connectivity index (χ0) is 15.7. The van der Waals surface area contributed by atoms with E-state index in [1.54, 1.807) is 32.4 Å². The third-order valence-corrected chi connectivity index (χ3v) is 4.89. The summed E-state index contributed by atoms with van der Waals surface area (Å²) in [6.45, 7) is 1.02. The smallest absolute Gasteiger partial charge is 0.338 e. The molecular formula is C17H23NO4. The zero-order valence-electron chi connectivity index (χ0n) is 13.4. The summed E-state index contributed by atoms with van der Waals surface area (Å²) < 4.78 is 16.2. The minimum absolute atomic E-state index is 0.0274. The summed E-state index contributed by atoms with van der Waals surface area (Å²) in [5.41, 5.74) is 0.478. The number of piperidine rings is 2. The number of hydrogen-bond acceptors (Lipinski definition) is 5. The molecular weight excluding hydrogens is 282 g/mol. The number of rotatable bonds is 4. The number of carbonyl (C=O) groups is 1. The first-order valence-corrected chi connectivity index (χ1v) is 7.75. The molecule has 0 amide bonds. The number of fused-ring (bicyclic) bond motifs is 3. The fourth-order valence-corrected chi connectivity index (χ4v) is 3.57. The molecule has 1 saturated carbocycles. The predicted octanol–water partition coefficient (Wildman–Crippen LogP) is 2.34. The summed E-state index contributed by atoms with van der Waals surface area (Å²) in [6, 6.07) is 5.67. The van der Waals surface area contributed by atoms with Crippen molar-refractivity contribution >= 4 is 5.97 Å². The second-order valence-corrected chi connectivity index (χ2v) is 6.21. The van der Waals surface area contributed by atoms with E-state index in [-0.39, 0.29) is 12.1 Å². The van der Waals surface area contributed by atoms with Gasteiger partial charge in [0.15, 0.2) is 0 Å². The number of hydrogen-bond donors (Lipinski definition) is 0. The molecule has 2 bridgehead atoms. The van der Waals surface area contributed by atoms with Crippen LogP contribution < -0.4 is 9.47 Å². The van der Waals surface area contributed by atoms with Crippen molar-refractivity contribution in [3.63, 3.8) is 0 Å². The molecule has 22 heavy (non-hydrogen) atoms. The summed E-state index contributed by atoms with van der Waals surface area (Å²) in [5, 5.41) is 0. The fraction of sp³-hybridized carbons (Fsp3) is 0.588. The van der Waals surface area contributed by atoms with Gasteiger partial charge in [0.1, 0.15) is 17.6 Å². The van der Waals surface area contributed by atoms with Crippen LogP contribution in [-0.2, 0) is 4.74 Å². The topological polar surface area (TPSA) is 48.0 Å². The van der Waals surface area contributed by atoms with E-state index in [0.29, 0.717) is 29.0 Å². The van der Waals surface area contributed by atoms with Crippen LogP contribution in [0.25, 0.3) is 0 Å². The molecule has 1 aliphatic carbocycles. The van der Waals surface area contributed by atoms with E-state index in [9.17, 15) is 4.79 Å². The van der Waals surface area contributed by atoms with E-state index in [0.717, 1.165) is 19.4 Å². The molecule has 3 aliphatic rings. The highest BCUT2D eigenvalue weighted by atomic mass is 16.5. The maximum Gasteiger partial charge on any atom is 0.338 e. The van der Waals surface area contributed by atoms with Gasteiger partial charge in [-0.05, 0) is 32.0 Å². The van der Waals surface area contributed by atoms with Crippen LogP contribution in [0.3, 0.4) is 0 Å². The molecule has 5 heteroatoms. The van der Waals surface area contributed by atoms with Crippen molar-refractivity contribution in [2.45, 2.75) is 31.4 Å². The predicted molar refractivity (Wildman–Crippen MR) is 82.5 cm³/mol. The normalized spacial score (nSPS) is 27.5. The quantitative estimate of drug-likeness (QED) is 0.799. The monoisotopic (exact) mass is 305 g/mol. The number of ether oxygens (including phenoxy) is 3. The Kier molecular flexibility index (Phi) is 4.25. The Balaban J connectivity index is 1.72. The first-order valence-electron chi connectivity index (χ1n) is 7.75. The van der Waals surface area contributed by atoms with Crippen LogP contribution in [0.15, 0.2) is 18.2 Å². The van der Waals surface area contributed by atoms with Gasteiger partial charge in [-0.25, -0.2) is 4.79 Å². The second-order valence-electron chi connectivity index (χ2n) is 6.21. The lowest BCUT2D eigenvalue weighted by Gasteiger charge is -2.47. The maximum atomic E-state index is 12.5. The van der Waals surface area contributed by atoms with Gasteiger partial charge >= 0.3 is 5.97 Å². The third kappa shape index (κ3) is 2.90. The summed E-state index contributed by atoms with van der Waals surface area (Å²) in [7, 11) is 5.29. The molecule has 2 heterocycles. The summed E-state index contributed by atoms with van der Waals surface area (Å²) >= 11 is 0. The van der Waals surface area contributed by atoms with Gasteiger partial charge in [-0.3, -0.25) is 0 Å². The highest BCUT2D eigenvalue weighted by Crippen LogP contribution is 2.36. The van der Waals surface area contributed by atoms with E-state index >= 15 is 0 Å². The van der Waals surface area contributed by atoms with Crippen LogP contribution in [0, 0.1) is 5.92 Å². The number of methoxy groups -OCH3 is 2. The lowest BCUT2D eigenvalue weighted by atomic mass is 9.78. The SMILES string of the molecule is COc1cc(OC)cc(C(=O)O[C@@H]2C[C@@H]3CC[C@H]2CN3C)c1. The van der Waals surface area contributed by atoms with Gasteiger partial charge < -0.3 is 19.1 Å². The van der Waals surface area contributed by atoms with Crippen molar-refractivity contribution in [1.29, 1.82) is 0 Å². The van der Waals surface area contributed by atoms with Crippen LogP contribution in [0.1, 0.15) is 29.6 Å². The Labute approximate surface area is 131 Å². The Morgan fingerprint density at radius 3 is 2.32 bits per heavy atom. The second kappa shape index (κ2) is 6.16. The van der Waals surface area contributed by atoms with Crippen LogP contribution in [0.4, 0.5) is 0 Å². The molecule has 2 aliphatic heterocycles. The average molecular weight is 305 g/mol. The molecule has 0 unspecified atom stereocenters. The summed E-state index contributed by atoms with van der Waals surface area (Å²) in [5.74, 6) is 1.34. The van der Waals surface area contributed by atoms with Crippen molar-refractivity contribution in [3.05, 3.63) is 23.8 Å². The number of benzene rings is 1. The molecule has 4 rings (SSSR count). The van der Waals surface area contributed by atoms with Gasteiger partial charge in [0.2, 0.25) is 0 Å². The van der Waals surface area contributed by atoms with Gasteiger partial charge in [-0.1, -0.05) is 0 Å². The Morgan fingerprint density at radius 2 is 1.82 bits per heavy atom. The number of carbonyl (C=O) groups excluding carboxylic acids is 1. The van der Waals surface area contributed by atoms with Crippen molar-refractivity contribution in [3.8, 4) is 11.5 Å². The average Bonchev–Trinajstić information content (AvgIpc) is 2.55. The lowest BCUT2D eigenvalue weighted by Crippen LogP contribution is -2.53. The Bertz CT molecular complexity index is 537. The Hall–Kier alpha value is -1.75. The molecule has 1 aromatic carbocycles. The first-order chi connectivity index (χ1) is 10.6. The lowest BCUT2D eigenvalue weighted by molar-refractivity contribution is -0.0558. The summed E-state index contributed by atoms with van der Waals surface area (Å²) in [4.78, 5) is 14.8. The fourth-order valence-electron chi connectivity index (χ4n) is 3.57. The molecule has 1 aromatic rings. The molecule has 3 fully saturated rings. The van der Waals surface area contributed by atoms with Crippen molar-refractivity contribution in [2.75, 3.05) is 27.8 Å². The van der Waals surface area contributed by atoms with Gasteiger partial charge in [0.25, 0.3) is 0 Å². The number of esters is 1. The van der Waals surface area contributed by atoms with Crippen LogP contribution in [-0.4, -0.2) is 50.8 Å². The highest BCUT2D eigenvalue weighted by molar-refractivity contribution is 5.90. The molecule has 0 aromatic heterocycles. The molecule has 3 atom stereocenters. The largest absolute Gasteiger partial charge is 0.497 e. The van der Waals surface area contributed by atoms with Crippen LogP contribution in [0.2, 0.25) is 0 Å². The van der Waals surface area contributed by atoms with E-state index < -0.39 is 0 Å². The molecule has 0 N–H and O–H groups in total. The van der Waals surface area contributed by atoms with Crippen molar-refractivity contribution in [2.24, 2.45) is 5.92 Å². The maximum absolute atomic E-state index is 12.5. The van der Waals surface area contributed by atoms with Crippen molar-refractivity contribution < 1.29 is 19.0 Å². The van der Waals surface area contributed by atoms with E-state index in [4.69, 9.17) is 14.2 Å². The molecule has 0 radical (unpaired) electrons. The molecule has 0 spiro atoms. The minimum Gasteiger partial charge on any atom is -0.497 e. The van der Waals surface area contributed by atoms with Crippen LogP contribution >= 0.6 is 0 Å². The van der Waals surface area contributed by atoms with Gasteiger partial charge in [0.05, 0.1) is 19.8 Å². The standard InChI is InChI=1S/C17H23NO4/c1-18-10-11-4-5-13(18)8-16(11)22-17(19)12-6-14(20-2)9-15(7-12)21-3/h6-7,9,11,13,16H,4-5,8,10H2,1-3H3/t11-,13-,16+/m0/s1. The molecule has 2 saturated heterocycles. The van der Waals surface area contributed by atoms with Crippen LogP contribution in [0.5, 0.6) is 11.5 Å². The van der Waals surface area contributed by atoms with E-state index in [1.165, 1.54) is 6.42 Å². The first kappa shape index (κ1) is 15.2. The zero-order valence-corrected chi connectivity index (χ0v) is 13.4. The van der Waals surface area contributed by atoms with E-state index in [1.807, 2.05) is 0 Å². The van der Waals surface area contributed by atoms with Gasteiger partial charge in [-0.15, -0.1) is 0 Å². The third-order valence-electron chi connectivity index (χ3n) is 4.89. The van der Waals surface area contributed by atoms with Crippen molar-refractivity contribution in [1.82, 2.24) is 4.90 Å². The minimum atomic E-state index is -0.294. The van der Waals surface area contributed by atoms with Gasteiger partial charge in [0, 0.05) is 31.0 Å². The highest BCUT2D eigenvalue weighted by Gasteiger charge is 2.40. The molecule has 5 nitrogen and oxygen atoms in total. The van der Waals surface area contributed by atoms with Gasteiger partial charge in [-0.2, -0.15) is 0 Å². The Morgan fingerprint density at radius 1 is 1.14 bits per heavy atom. The number of nitrogens with zero attached hydrogens (tertiary/aromatic N) is 1. The molecule has 120 valence electrons. The summed E-state index contributed by atoms with van der Waals surface area (Å²) in [6.07, 6.45) is 3.32. The van der Waals surface area contributed by atoms with E-state index in [2.05, 4.69) is 11.9 Å².